The minimum absolute atomic E-state index is 0.292. The lowest BCUT2D eigenvalue weighted by molar-refractivity contribution is 0.0849. The zero-order valence-electron chi connectivity index (χ0n) is 38.3. The van der Waals surface area contributed by atoms with E-state index in [1.54, 1.807) is 0 Å². The van der Waals surface area contributed by atoms with Gasteiger partial charge >= 0.3 is 0 Å². The predicted octanol–water partition coefficient (Wildman–Crippen LogP) is 11.6. The van der Waals surface area contributed by atoms with Crippen LogP contribution in [0.2, 0.25) is 0 Å². The molecule has 0 aromatic heterocycles. The molecule has 0 aliphatic heterocycles. The molecule has 6 nitrogen and oxygen atoms in total. The Labute approximate surface area is 364 Å². The number of hydrogen-bond donors (Lipinski definition) is 4. The number of aliphatic hydroxyl groups excluding tert-OH is 2. The van der Waals surface area contributed by atoms with Gasteiger partial charge in [-0.2, -0.15) is 0 Å². The summed E-state index contributed by atoms with van der Waals surface area (Å²) in [7, 11) is 0. The van der Waals surface area contributed by atoms with E-state index in [0.29, 0.717) is 25.9 Å². The van der Waals surface area contributed by atoms with Crippen molar-refractivity contribution >= 4 is 0 Å². The molecule has 6 heteroatoms. The predicted molar refractivity (Wildman–Crippen MR) is 257 cm³/mol. The summed E-state index contributed by atoms with van der Waals surface area (Å²) >= 11 is 0. The maximum atomic E-state index is 11.3. The van der Waals surface area contributed by atoms with Gasteiger partial charge in [0.15, 0.2) is 0 Å². The standard InChI is InChI=1S/C53H92N4O2/c1-3-5-7-9-11-13-14-15-16-17-18-19-21-23-25-33-41-57(47-53(59)51(55)45-49-38-30-27-31-39-49)43-35-34-42-56(40-32-24-22-20-12-10-8-6-4-2)46-52(58)50(54)44-48-36-28-26-29-37-48/h15-16,24,26-32,36-39,50-53,58-59H,3-14,17-23,25,33-35,40-47,54-55H2,1-2H3/b16-15+,32-24+. The Kier molecular flexibility index (Phi) is 33.5. The molecule has 4 unspecified atom stereocenters. The van der Waals surface area contributed by atoms with E-state index in [2.05, 4.69) is 72.2 Å². The summed E-state index contributed by atoms with van der Waals surface area (Å²) in [5.41, 5.74) is 15.5. The minimum atomic E-state index is -0.591. The van der Waals surface area contributed by atoms with E-state index in [1.807, 2.05) is 36.4 Å². The molecule has 0 amide bonds. The summed E-state index contributed by atoms with van der Waals surface area (Å²) in [4.78, 5) is 4.84. The Bertz CT molecular complexity index is 1240. The van der Waals surface area contributed by atoms with Crippen LogP contribution in [0.25, 0.3) is 0 Å². The van der Waals surface area contributed by atoms with Gasteiger partial charge in [0.2, 0.25) is 0 Å². The van der Waals surface area contributed by atoms with Gasteiger partial charge in [-0.3, -0.25) is 4.90 Å². The topological polar surface area (TPSA) is 99.0 Å². The molecule has 4 atom stereocenters. The van der Waals surface area contributed by atoms with Crippen molar-refractivity contribution in [3.63, 3.8) is 0 Å². The van der Waals surface area contributed by atoms with Crippen LogP contribution < -0.4 is 11.5 Å². The van der Waals surface area contributed by atoms with Gasteiger partial charge in [0.05, 0.1) is 12.2 Å². The van der Waals surface area contributed by atoms with Crippen LogP contribution >= 0.6 is 0 Å². The van der Waals surface area contributed by atoms with Crippen LogP contribution in [0.3, 0.4) is 0 Å². The van der Waals surface area contributed by atoms with Crippen molar-refractivity contribution in [3.05, 3.63) is 96.1 Å². The third-order valence-electron chi connectivity index (χ3n) is 11.9. The number of allylic oxidation sites excluding steroid dienone is 3. The van der Waals surface area contributed by atoms with Crippen LogP contribution in [0.5, 0.6) is 0 Å². The maximum absolute atomic E-state index is 11.3. The smallest absolute Gasteiger partial charge is 0.0821 e. The van der Waals surface area contributed by atoms with Crippen LogP contribution in [0.15, 0.2) is 85.0 Å². The van der Waals surface area contributed by atoms with Crippen molar-refractivity contribution in [1.29, 1.82) is 0 Å². The summed E-state index contributed by atoms with van der Waals surface area (Å²) in [5, 5.41) is 22.5. The highest BCUT2D eigenvalue weighted by Gasteiger charge is 2.21. The Morgan fingerprint density at radius 2 is 0.780 bits per heavy atom. The molecule has 59 heavy (non-hydrogen) atoms. The number of unbranched alkanes of at least 4 members (excludes halogenated alkanes) is 19. The molecular weight excluding hydrogens is 725 g/mol. The highest BCUT2D eigenvalue weighted by molar-refractivity contribution is 5.17. The summed E-state index contributed by atoms with van der Waals surface area (Å²) in [5.74, 6) is 0. The van der Waals surface area contributed by atoms with Crippen molar-refractivity contribution in [2.45, 2.75) is 199 Å². The van der Waals surface area contributed by atoms with E-state index >= 15 is 0 Å². The van der Waals surface area contributed by atoms with E-state index in [-0.39, 0.29) is 12.1 Å². The van der Waals surface area contributed by atoms with Crippen LogP contribution in [0, 0.1) is 0 Å². The van der Waals surface area contributed by atoms with Crippen molar-refractivity contribution in [2.75, 3.05) is 39.3 Å². The van der Waals surface area contributed by atoms with Crippen LogP contribution in [0.4, 0.5) is 0 Å². The monoisotopic (exact) mass is 817 g/mol. The molecule has 0 aliphatic carbocycles. The lowest BCUT2D eigenvalue weighted by atomic mass is 10.0. The minimum Gasteiger partial charge on any atom is -0.390 e. The fourth-order valence-corrected chi connectivity index (χ4v) is 8.03. The quantitative estimate of drug-likeness (QED) is 0.0395. The first-order valence-corrected chi connectivity index (χ1v) is 24.6. The zero-order chi connectivity index (χ0) is 42.4. The van der Waals surface area contributed by atoms with Crippen LogP contribution in [-0.2, 0) is 12.8 Å². The van der Waals surface area contributed by atoms with Gasteiger partial charge in [0.25, 0.3) is 0 Å². The molecule has 0 fully saturated rings. The molecule has 0 saturated carbocycles. The van der Waals surface area contributed by atoms with Crippen molar-refractivity contribution in [3.8, 4) is 0 Å². The van der Waals surface area contributed by atoms with Gasteiger partial charge in [0, 0.05) is 31.7 Å². The lowest BCUT2D eigenvalue weighted by Crippen LogP contribution is -2.45. The molecule has 0 heterocycles. The fraction of sp³-hybridized carbons (Fsp3) is 0.698. The number of benzene rings is 2. The first kappa shape index (κ1) is 52.8. The van der Waals surface area contributed by atoms with Crippen molar-refractivity contribution in [2.24, 2.45) is 11.5 Å². The maximum Gasteiger partial charge on any atom is 0.0821 e. The summed E-state index contributed by atoms with van der Waals surface area (Å²) in [6.07, 6.45) is 39.0. The summed E-state index contributed by atoms with van der Waals surface area (Å²) < 4.78 is 0. The summed E-state index contributed by atoms with van der Waals surface area (Å²) in [6.45, 7) is 9.41. The van der Waals surface area contributed by atoms with Gasteiger partial charge in [-0.25, -0.2) is 0 Å². The molecule has 2 rings (SSSR count). The number of nitrogens with two attached hydrogens (primary N) is 2. The van der Waals surface area contributed by atoms with E-state index in [4.69, 9.17) is 11.5 Å². The Hall–Kier alpha value is -2.32. The molecule has 2 aromatic carbocycles. The normalized spacial score (nSPS) is 14.2. The molecular formula is C53H92N4O2. The second kappa shape index (κ2) is 37.4. The van der Waals surface area contributed by atoms with Crippen LogP contribution in [-0.4, -0.2) is 83.6 Å². The Morgan fingerprint density at radius 1 is 0.441 bits per heavy atom. The first-order valence-electron chi connectivity index (χ1n) is 24.6. The average Bonchev–Trinajstić information content (AvgIpc) is 3.24. The average molecular weight is 817 g/mol. The van der Waals surface area contributed by atoms with E-state index in [1.165, 1.54) is 128 Å². The van der Waals surface area contributed by atoms with Crippen molar-refractivity contribution in [1.82, 2.24) is 9.80 Å². The largest absolute Gasteiger partial charge is 0.390 e. The molecule has 6 N–H and O–H groups in total. The molecule has 0 spiro atoms. The molecule has 336 valence electrons. The highest BCUT2D eigenvalue weighted by Crippen LogP contribution is 2.14. The number of hydrogen-bond acceptors (Lipinski definition) is 6. The second-order valence-corrected chi connectivity index (χ2v) is 17.6. The third-order valence-corrected chi connectivity index (χ3v) is 11.9. The van der Waals surface area contributed by atoms with Gasteiger partial charge in [-0.1, -0.05) is 189 Å². The molecule has 2 aromatic rings. The first-order chi connectivity index (χ1) is 28.9. The van der Waals surface area contributed by atoms with Crippen LogP contribution in [0.1, 0.15) is 173 Å². The van der Waals surface area contributed by atoms with E-state index in [9.17, 15) is 10.2 Å². The molecule has 0 bridgehead atoms. The van der Waals surface area contributed by atoms with Gasteiger partial charge < -0.3 is 26.6 Å². The van der Waals surface area contributed by atoms with Crippen molar-refractivity contribution < 1.29 is 10.2 Å². The number of rotatable bonds is 40. The Morgan fingerprint density at radius 3 is 1.22 bits per heavy atom. The van der Waals surface area contributed by atoms with Gasteiger partial charge in [0.1, 0.15) is 0 Å². The van der Waals surface area contributed by atoms with E-state index in [0.717, 1.165) is 57.4 Å². The number of nitrogens with zero attached hydrogens (tertiary/aromatic N) is 2. The second-order valence-electron chi connectivity index (χ2n) is 17.6. The van der Waals surface area contributed by atoms with Gasteiger partial charge in [-0.15, -0.1) is 0 Å². The van der Waals surface area contributed by atoms with E-state index < -0.39 is 12.2 Å². The number of aliphatic hydroxyl groups is 2. The molecule has 0 radical (unpaired) electrons. The highest BCUT2D eigenvalue weighted by atomic mass is 16.3. The zero-order valence-corrected chi connectivity index (χ0v) is 38.3. The lowest BCUT2D eigenvalue weighted by Gasteiger charge is -2.29. The molecule has 0 saturated heterocycles. The Balaban J connectivity index is 1.84. The summed E-state index contributed by atoms with van der Waals surface area (Å²) in [6, 6.07) is 20.0. The fourth-order valence-electron chi connectivity index (χ4n) is 8.03. The SMILES string of the molecule is CCCCCCCC/C=C/CCCCCCCCN(CCCCN(C/C=C/CCCCCCCC)CC(O)C(N)Cc1ccccc1)CC(O)C(N)Cc1ccccc1. The third kappa shape index (κ3) is 29.6. The van der Waals surface area contributed by atoms with Gasteiger partial charge in [-0.05, 0) is 101 Å². The molecule has 0 aliphatic rings.